The van der Waals surface area contributed by atoms with Gasteiger partial charge in [0.05, 0.1) is 0 Å². The summed E-state index contributed by atoms with van der Waals surface area (Å²) in [6.07, 6.45) is 0. The molecule has 1 radical (unpaired) electrons. The molecule has 3 nitrogen and oxygen atoms in total. The molecule has 0 heterocycles. The summed E-state index contributed by atoms with van der Waals surface area (Å²) in [5, 5.41) is 30.6. The van der Waals surface area contributed by atoms with Crippen molar-refractivity contribution in [3.05, 3.63) is 30.3 Å². The number of hydrogen-bond donors (Lipinski definition) is 2. The molecule has 13 heavy (non-hydrogen) atoms. The van der Waals surface area contributed by atoms with E-state index in [9.17, 15) is 10.2 Å². The predicted molar refractivity (Wildman–Crippen MR) is 47.4 cm³/mol. The Kier molecular flexibility index (Phi) is 1.52. The summed E-state index contributed by atoms with van der Waals surface area (Å²) >= 11 is 0. The quantitative estimate of drug-likeness (QED) is 0.645. The van der Waals surface area contributed by atoms with Crippen LogP contribution in [0, 0.1) is 0 Å². The standard InChI is InChI=1S/C10H7O3/c11-8-5-9(12)10(13)7-4-2-1-3-6(7)8/h1-5,11-12H. The van der Waals surface area contributed by atoms with Gasteiger partial charge in [0.15, 0.2) is 5.75 Å². The Hall–Kier alpha value is -1.90. The van der Waals surface area contributed by atoms with Crippen molar-refractivity contribution >= 4 is 10.8 Å². The van der Waals surface area contributed by atoms with Crippen LogP contribution >= 0.6 is 0 Å². The molecule has 65 valence electrons. The summed E-state index contributed by atoms with van der Waals surface area (Å²) in [5.74, 6) is -0.947. The summed E-state index contributed by atoms with van der Waals surface area (Å²) < 4.78 is 0. The van der Waals surface area contributed by atoms with E-state index >= 15 is 0 Å². The molecule has 0 saturated carbocycles. The highest BCUT2D eigenvalue weighted by Crippen LogP contribution is 2.39. The lowest BCUT2D eigenvalue weighted by molar-refractivity contribution is 0.328. The van der Waals surface area contributed by atoms with Crippen molar-refractivity contribution in [2.24, 2.45) is 0 Å². The Morgan fingerprint density at radius 1 is 0.923 bits per heavy atom. The molecule has 0 aliphatic rings. The number of rotatable bonds is 0. The van der Waals surface area contributed by atoms with Crippen LogP contribution < -0.4 is 0 Å². The second-order valence-electron chi connectivity index (χ2n) is 2.79. The van der Waals surface area contributed by atoms with E-state index in [0.29, 0.717) is 10.8 Å². The minimum absolute atomic E-state index is 0.0762. The van der Waals surface area contributed by atoms with Crippen molar-refractivity contribution in [1.82, 2.24) is 0 Å². The maximum absolute atomic E-state index is 11.3. The largest absolute Gasteiger partial charge is 0.507 e. The molecule has 0 atom stereocenters. The minimum atomic E-state index is -0.451. The molecule has 0 aromatic heterocycles. The van der Waals surface area contributed by atoms with Crippen LogP contribution in [0.15, 0.2) is 30.3 Å². The van der Waals surface area contributed by atoms with Gasteiger partial charge in [0.1, 0.15) is 5.75 Å². The van der Waals surface area contributed by atoms with E-state index < -0.39 is 11.5 Å². The summed E-state index contributed by atoms with van der Waals surface area (Å²) in [6.45, 7) is 0. The van der Waals surface area contributed by atoms with Crippen molar-refractivity contribution in [3.63, 3.8) is 0 Å². The van der Waals surface area contributed by atoms with E-state index in [2.05, 4.69) is 0 Å². The second-order valence-corrected chi connectivity index (χ2v) is 2.79. The van der Waals surface area contributed by atoms with E-state index in [1.165, 1.54) is 0 Å². The Labute approximate surface area is 74.5 Å². The van der Waals surface area contributed by atoms with Gasteiger partial charge in [-0.3, -0.25) is 5.11 Å². The summed E-state index contributed by atoms with van der Waals surface area (Å²) in [6, 6.07) is 7.66. The lowest BCUT2D eigenvalue weighted by Crippen LogP contribution is -1.75. The van der Waals surface area contributed by atoms with Gasteiger partial charge in [0.25, 0.3) is 0 Å². The van der Waals surface area contributed by atoms with Gasteiger partial charge in [-0.15, -0.1) is 0 Å². The van der Waals surface area contributed by atoms with Gasteiger partial charge in [-0.2, -0.15) is 0 Å². The van der Waals surface area contributed by atoms with Crippen LogP contribution in [-0.2, 0) is 5.11 Å². The van der Waals surface area contributed by atoms with E-state index in [4.69, 9.17) is 5.11 Å². The van der Waals surface area contributed by atoms with Crippen LogP contribution in [0.5, 0.6) is 17.2 Å². The molecular formula is C10H7O3. The highest BCUT2D eigenvalue weighted by Gasteiger charge is 2.10. The third-order valence-corrected chi connectivity index (χ3v) is 1.95. The van der Waals surface area contributed by atoms with E-state index in [0.717, 1.165) is 6.07 Å². The van der Waals surface area contributed by atoms with Crippen molar-refractivity contribution in [2.75, 3.05) is 0 Å². The number of fused-ring (bicyclic) bond motifs is 1. The molecule has 2 N–H and O–H groups in total. The maximum atomic E-state index is 11.3. The van der Waals surface area contributed by atoms with E-state index in [-0.39, 0.29) is 5.75 Å². The van der Waals surface area contributed by atoms with Gasteiger partial charge in [0, 0.05) is 16.8 Å². The highest BCUT2D eigenvalue weighted by molar-refractivity contribution is 5.94. The fraction of sp³-hybridized carbons (Fsp3) is 0. The van der Waals surface area contributed by atoms with Crippen molar-refractivity contribution < 1.29 is 15.3 Å². The summed E-state index contributed by atoms with van der Waals surface area (Å²) in [7, 11) is 0. The molecule has 0 aliphatic carbocycles. The van der Waals surface area contributed by atoms with Crippen molar-refractivity contribution in [1.29, 1.82) is 0 Å². The number of hydrogen-bond acceptors (Lipinski definition) is 2. The molecule has 0 aliphatic heterocycles. The zero-order valence-corrected chi connectivity index (χ0v) is 6.69. The predicted octanol–water partition coefficient (Wildman–Crippen LogP) is 2.39. The van der Waals surface area contributed by atoms with Gasteiger partial charge in [0.2, 0.25) is 5.75 Å². The fourth-order valence-electron chi connectivity index (χ4n) is 1.32. The average molecular weight is 175 g/mol. The average Bonchev–Trinajstić information content (AvgIpc) is 2.15. The first kappa shape index (κ1) is 7.73. The van der Waals surface area contributed by atoms with Crippen LogP contribution in [0.3, 0.4) is 0 Å². The van der Waals surface area contributed by atoms with Crippen molar-refractivity contribution in [2.45, 2.75) is 0 Å². The number of aromatic hydroxyl groups is 2. The number of benzene rings is 2. The monoisotopic (exact) mass is 175 g/mol. The third-order valence-electron chi connectivity index (χ3n) is 1.95. The normalized spacial score (nSPS) is 10.5. The molecule has 0 fully saturated rings. The SMILES string of the molecule is [O]c1c(O)cc(O)c2ccccc12. The molecule has 0 spiro atoms. The molecular weight excluding hydrogens is 168 g/mol. The molecule has 2 rings (SSSR count). The fourth-order valence-corrected chi connectivity index (χ4v) is 1.32. The highest BCUT2D eigenvalue weighted by atomic mass is 16.3. The van der Waals surface area contributed by atoms with E-state index in [1.807, 2.05) is 0 Å². The van der Waals surface area contributed by atoms with Gasteiger partial charge in [-0.1, -0.05) is 24.3 Å². The van der Waals surface area contributed by atoms with Gasteiger partial charge in [-0.25, -0.2) is 0 Å². The van der Waals surface area contributed by atoms with Crippen LogP contribution in [0.2, 0.25) is 0 Å². The molecule has 0 unspecified atom stereocenters. The van der Waals surface area contributed by atoms with Crippen molar-refractivity contribution in [3.8, 4) is 17.2 Å². The number of phenolic OH excluding ortho intramolecular Hbond substituents is 2. The van der Waals surface area contributed by atoms with Gasteiger partial charge in [-0.05, 0) is 0 Å². The molecule has 0 saturated heterocycles. The third kappa shape index (κ3) is 1.05. The first-order valence-electron chi connectivity index (χ1n) is 3.81. The van der Waals surface area contributed by atoms with E-state index in [1.54, 1.807) is 24.3 Å². The van der Waals surface area contributed by atoms with Gasteiger partial charge < -0.3 is 10.2 Å². The molecule has 3 heteroatoms. The van der Waals surface area contributed by atoms with Crippen LogP contribution in [0.4, 0.5) is 0 Å². The molecule has 2 aromatic rings. The van der Waals surface area contributed by atoms with Crippen LogP contribution in [0.25, 0.3) is 10.8 Å². The Morgan fingerprint density at radius 2 is 1.54 bits per heavy atom. The molecule has 0 amide bonds. The lowest BCUT2D eigenvalue weighted by atomic mass is 10.1. The molecule has 0 bridgehead atoms. The number of phenols is 2. The Morgan fingerprint density at radius 3 is 2.23 bits per heavy atom. The zero-order valence-electron chi connectivity index (χ0n) is 6.69. The van der Waals surface area contributed by atoms with Crippen LogP contribution in [0.1, 0.15) is 0 Å². The maximum Gasteiger partial charge on any atom is 0.228 e. The minimum Gasteiger partial charge on any atom is -0.507 e. The Bertz CT molecular complexity index is 463. The first-order valence-corrected chi connectivity index (χ1v) is 3.81. The Balaban J connectivity index is 2.97. The summed E-state index contributed by atoms with van der Waals surface area (Å²) in [4.78, 5) is 0. The smallest absolute Gasteiger partial charge is 0.228 e. The first-order chi connectivity index (χ1) is 6.20. The lowest BCUT2D eigenvalue weighted by Gasteiger charge is -2.02. The zero-order chi connectivity index (χ0) is 9.42. The summed E-state index contributed by atoms with van der Waals surface area (Å²) in [5.41, 5.74) is 0. The second kappa shape index (κ2) is 2.55. The van der Waals surface area contributed by atoms with Gasteiger partial charge >= 0.3 is 0 Å². The van der Waals surface area contributed by atoms with Crippen LogP contribution in [-0.4, -0.2) is 10.2 Å². The topological polar surface area (TPSA) is 60.4 Å². The molecule has 2 aromatic carbocycles.